The predicted molar refractivity (Wildman–Crippen MR) is 99.3 cm³/mol. The number of nitrogens with one attached hydrogen (secondary N) is 2. The Labute approximate surface area is 154 Å². The molecule has 0 fully saturated rings. The molecule has 0 unspecified atom stereocenters. The van der Waals surface area contributed by atoms with Gasteiger partial charge in [-0.2, -0.15) is 0 Å². The number of primary amides is 1. The summed E-state index contributed by atoms with van der Waals surface area (Å²) in [5.41, 5.74) is 6.78. The van der Waals surface area contributed by atoms with Crippen molar-refractivity contribution >= 4 is 17.6 Å². The third-order valence-corrected chi connectivity index (χ3v) is 4.00. The molecule has 0 aliphatic carbocycles. The highest BCUT2D eigenvalue weighted by atomic mass is 16.2. The average Bonchev–Trinajstić information content (AvgIpc) is 3.00. The molecule has 27 heavy (non-hydrogen) atoms. The fraction of sp³-hybridized carbons (Fsp3) is 0.222. The molecule has 1 aromatic carbocycles. The lowest BCUT2D eigenvalue weighted by Crippen LogP contribution is -2.29. The number of carbonyl (C=O) groups excluding carboxylic acids is 2. The average molecular weight is 368 g/mol. The van der Waals surface area contributed by atoms with Crippen LogP contribution in [-0.4, -0.2) is 32.7 Å². The molecule has 3 amide bonds. The highest BCUT2D eigenvalue weighted by molar-refractivity contribution is 5.94. The zero-order valence-corrected chi connectivity index (χ0v) is 14.6. The number of aromatic nitrogens is 3. The highest BCUT2D eigenvalue weighted by Gasteiger charge is 2.07. The Bertz CT molecular complexity index is 1010. The number of carbonyl (C=O) groups is 2. The minimum atomic E-state index is -0.596. The van der Waals surface area contributed by atoms with Gasteiger partial charge in [-0.3, -0.25) is 9.20 Å². The van der Waals surface area contributed by atoms with Crippen LogP contribution in [0.25, 0.3) is 5.65 Å². The maximum absolute atomic E-state index is 12.2. The predicted octanol–water partition coefficient (Wildman–Crippen LogP) is 0.484. The molecule has 2 aromatic heterocycles. The zero-order chi connectivity index (χ0) is 19.2. The quantitative estimate of drug-likeness (QED) is 0.525. The first-order valence-electron chi connectivity index (χ1n) is 8.49. The summed E-state index contributed by atoms with van der Waals surface area (Å²) in [6.45, 7) is 1.15. The number of pyridine rings is 1. The van der Waals surface area contributed by atoms with Gasteiger partial charge in [-0.15, -0.1) is 5.10 Å². The Hall–Kier alpha value is -3.62. The lowest BCUT2D eigenvalue weighted by Gasteiger charge is -2.06. The lowest BCUT2D eigenvalue weighted by molar-refractivity contribution is 0.0952. The maximum Gasteiger partial charge on any atom is 0.350 e. The van der Waals surface area contributed by atoms with Crippen molar-refractivity contribution in [2.24, 2.45) is 5.73 Å². The molecule has 0 bridgehead atoms. The first-order chi connectivity index (χ1) is 13.0. The van der Waals surface area contributed by atoms with Crippen molar-refractivity contribution in [2.75, 3.05) is 6.54 Å². The van der Waals surface area contributed by atoms with E-state index in [1.807, 2.05) is 6.07 Å². The van der Waals surface area contributed by atoms with E-state index in [9.17, 15) is 14.4 Å². The molecule has 0 saturated carbocycles. The van der Waals surface area contributed by atoms with E-state index in [-0.39, 0.29) is 11.6 Å². The van der Waals surface area contributed by atoms with Gasteiger partial charge in [0.15, 0.2) is 5.65 Å². The second-order valence-electron chi connectivity index (χ2n) is 5.96. The summed E-state index contributed by atoms with van der Waals surface area (Å²) in [4.78, 5) is 35.0. The van der Waals surface area contributed by atoms with E-state index < -0.39 is 6.03 Å². The van der Waals surface area contributed by atoms with Gasteiger partial charge in [0.2, 0.25) is 0 Å². The molecule has 0 radical (unpaired) electrons. The van der Waals surface area contributed by atoms with Gasteiger partial charge < -0.3 is 16.4 Å². The molecular weight excluding hydrogens is 348 g/mol. The van der Waals surface area contributed by atoms with Gasteiger partial charge >= 0.3 is 11.7 Å². The van der Waals surface area contributed by atoms with E-state index in [0.717, 1.165) is 5.56 Å². The number of nitrogens with zero attached hydrogens (tertiary/aromatic N) is 3. The smallest absolute Gasteiger partial charge is 0.350 e. The van der Waals surface area contributed by atoms with Crippen LogP contribution in [0.5, 0.6) is 0 Å². The zero-order valence-electron chi connectivity index (χ0n) is 14.6. The second-order valence-corrected chi connectivity index (χ2v) is 5.96. The third kappa shape index (κ3) is 4.51. The van der Waals surface area contributed by atoms with Crippen LogP contribution in [-0.2, 0) is 13.1 Å². The lowest BCUT2D eigenvalue weighted by atomic mass is 10.1. The fourth-order valence-electron chi connectivity index (χ4n) is 2.61. The molecule has 0 saturated heterocycles. The number of rotatable bonds is 7. The van der Waals surface area contributed by atoms with Crippen LogP contribution in [0.15, 0.2) is 53.5 Å². The Morgan fingerprint density at radius 3 is 2.56 bits per heavy atom. The van der Waals surface area contributed by atoms with Crippen molar-refractivity contribution < 1.29 is 9.59 Å². The molecular formula is C18H20N6O3. The molecule has 0 aliphatic rings. The van der Waals surface area contributed by atoms with E-state index in [0.29, 0.717) is 37.3 Å². The Morgan fingerprint density at radius 1 is 1.07 bits per heavy atom. The van der Waals surface area contributed by atoms with Gasteiger partial charge in [-0.1, -0.05) is 18.2 Å². The topological polar surface area (TPSA) is 124 Å². The first kappa shape index (κ1) is 18.2. The number of aryl methyl sites for hydroxylation is 1. The highest BCUT2D eigenvalue weighted by Crippen LogP contribution is 2.04. The summed E-state index contributed by atoms with van der Waals surface area (Å²) in [6.07, 6.45) is 2.25. The van der Waals surface area contributed by atoms with Crippen LogP contribution in [0, 0.1) is 0 Å². The number of hydrogen-bond donors (Lipinski definition) is 3. The van der Waals surface area contributed by atoms with Crippen LogP contribution in [0.1, 0.15) is 22.3 Å². The number of hydrogen-bond acceptors (Lipinski definition) is 4. The van der Waals surface area contributed by atoms with Crippen LogP contribution in [0.4, 0.5) is 4.79 Å². The van der Waals surface area contributed by atoms with E-state index in [4.69, 9.17) is 5.73 Å². The second kappa shape index (κ2) is 8.17. The number of urea groups is 1. The Kier molecular flexibility index (Phi) is 5.50. The van der Waals surface area contributed by atoms with Crippen LogP contribution >= 0.6 is 0 Å². The van der Waals surface area contributed by atoms with Crippen LogP contribution < -0.4 is 22.1 Å². The molecule has 3 aromatic rings. The largest absolute Gasteiger partial charge is 0.352 e. The molecule has 4 N–H and O–H groups in total. The van der Waals surface area contributed by atoms with Crippen molar-refractivity contribution in [1.82, 2.24) is 24.8 Å². The van der Waals surface area contributed by atoms with Gasteiger partial charge in [0.1, 0.15) is 0 Å². The fourth-order valence-corrected chi connectivity index (χ4v) is 2.61. The van der Waals surface area contributed by atoms with Crippen molar-refractivity contribution in [1.29, 1.82) is 0 Å². The van der Waals surface area contributed by atoms with Gasteiger partial charge in [0.25, 0.3) is 5.91 Å². The first-order valence-corrected chi connectivity index (χ1v) is 8.49. The molecule has 3 rings (SSSR count). The summed E-state index contributed by atoms with van der Waals surface area (Å²) in [7, 11) is 0. The van der Waals surface area contributed by atoms with Crippen molar-refractivity contribution in [3.05, 3.63) is 70.3 Å². The molecule has 2 heterocycles. The minimum Gasteiger partial charge on any atom is -0.352 e. The van der Waals surface area contributed by atoms with Gasteiger partial charge in [0.05, 0.1) is 0 Å². The van der Waals surface area contributed by atoms with E-state index >= 15 is 0 Å². The number of fused-ring (bicyclic) bond motifs is 1. The standard InChI is InChI=1S/C18H20N6O3/c19-17(26)21-12-13-5-7-14(8-6-13)16(25)20-9-3-11-24-18(27)23-10-2-1-4-15(23)22-24/h1-2,4-8,10H,3,9,11-12H2,(H,20,25)(H3,19,21,26). The summed E-state index contributed by atoms with van der Waals surface area (Å²) < 4.78 is 2.87. The Balaban J connectivity index is 1.48. The molecule has 0 aliphatic heterocycles. The van der Waals surface area contributed by atoms with Gasteiger partial charge in [-0.25, -0.2) is 14.3 Å². The van der Waals surface area contributed by atoms with E-state index in [2.05, 4.69) is 15.7 Å². The van der Waals surface area contributed by atoms with Crippen molar-refractivity contribution in [3.8, 4) is 0 Å². The number of amides is 3. The summed E-state index contributed by atoms with van der Waals surface area (Å²) in [5.74, 6) is -0.202. The van der Waals surface area contributed by atoms with Gasteiger partial charge in [-0.05, 0) is 36.2 Å². The molecule has 0 spiro atoms. The van der Waals surface area contributed by atoms with Crippen LogP contribution in [0.2, 0.25) is 0 Å². The summed E-state index contributed by atoms with van der Waals surface area (Å²) >= 11 is 0. The van der Waals surface area contributed by atoms with E-state index in [1.54, 1.807) is 42.6 Å². The maximum atomic E-state index is 12.2. The van der Waals surface area contributed by atoms with E-state index in [1.165, 1.54) is 9.08 Å². The number of nitrogens with two attached hydrogens (primary N) is 1. The van der Waals surface area contributed by atoms with Crippen molar-refractivity contribution in [2.45, 2.75) is 19.5 Å². The summed E-state index contributed by atoms with van der Waals surface area (Å²) in [5, 5.41) is 9.54. The molecule has 0 atom stereocenters. The van der Waals surface area contributed by atoms with Crippen molar-refractivity contribution in [3.63, 3.8) is 0 Å². The molecule has 9 heteroatoms. The molecule has 140 valence electrons. The normalized spacial score (nSPS) is 10.7. The third-order valence-electron chi connectivity index (χ3n) is 4.00. The van der Waals surface area contributed by atoms with Crippen LogP contribution in [0.3, 0.4) is 0 Å². The SMILES string of the molecule is NC(=O)NCc1ccc(C(=O)NCCCn2nc3ccccn3c2=O)cc1. The Morgan fingerprint density at radius 2 is 1.85 bits per heavy atom. The summed E-state index contributed by atoms with van der Waals surface area (Å²) in [6, 6.07) is 11.6. The minimum absolute atomic E-state index is 0.197. The van der Waals surface area contributed by atoms with Gasteiger partial charge in [0, 0.05) is 31.4 Å². The monoisotopic (exact) mass is 368 g/mol. The molecule has 9 nitrogen and oxygen atoms in total. The number of benzene rings is 1.